The summed E-state index contributed by atoms with van der Waals surface area (Å²) in [6.45, 7) is 0. The monoisotopic (exact) mass is 263 g/mol. The number of methoxy groups -OCH3 is 1. The first-order valence-electron chi connectivity index (χ1n) is 5.64. The molecule has 0 aromatic heterocycles. The van der Waals surface area contributed by atoms with Crippen LogP contribution in [0.4, 0.5) is 0 Å². The summed E-state index contributed by atoms with van der Waals surface area (Å²) in [5.41, 5.74) is -0.0391. The Morgan fingerprint density at radius 2 is 2.16 bits per heavy atom. The molecule has 0 saturated heterocycles. The fourth-order valence-electron chi connectivity index (χ4n) is 1.98. The molecule has 0 saturated carbocycles. The molecule has 1 atom stereocenters. The average Bonchev–Trinajstić information content (AvgIpc) is 2.87. The molecule has 1 aliphatic rings. The first-order valence-corrected chi connectivity index (χ1v) is 5.64. The third-order valence-corrected chi connectivity index (χ3v) is 2.92. The van der Waals surface area contributed by atoms with Crippen molar-refractivity contribution in [3.05, 3.63) is 36.0 Å². The second kappa shape index (κ2) is 5.01. The number of carbonyl (C=O) groups is 2. The number of aliphatic carboxylic acids is 1. The van der Waals surface area contributed by atoms with Crippen LogP contribution in [0.15, 0.2) is 30.5 Å². The Hall–Kier alpha value is -2.50. The van der Waals surface area contributed by atoms with Gasteiger partial charge in [-0.25, -0.2) is 4.79 Å². The van der Waals surface area contributed by atoms with E-state index in [1.54, 1.807) is 12.1 Å². The second-order valence-corrected chi connectivity index (χ2v) is 4.04. The van der Waals surface area contributed by atoms with E-state index in [1.165, 1.54) is 25.4 Å². The molecule has 6 heteroatoms. The Labute approximate surface area is 109 Å². The Morgan fingerprint density at radius 1 is 1.42 bits per heavy atom. The first kappa shape index (κ1) is 12.9. The largest absolute Gasteiger partial charge is 0.507 e. The predicted octanol–water partition coefficient (Wildman–Crippen LogP) is 1.21. The van der Waals surface area contributed by atoms with Crippen molar-refractivity contribution in [3.8, 4) is 11.5 Å². The Kier molecular flexibility index (Phi) is 3.41. The third kappa shape index (κ3) is 2.24. The van der Waals surface area contributed by atoms with E-state index in [1.807, 2.05) is 0 Å². The molecule has 19 heavy (non-hydrogen) atoms. The molecule has 6 nitrogen and oxygen atoms in total. The van der Waals surface area contributed by atoms with Crippen molar-refractivity contribution < 1.29 is 24.5 Å². The van der Waals surface area contributed by atoms with Crippen molar-refractivity contribution in [2.75, 3.05) is 7.11 Å². The van der Waals surface area contributed by atoms with Crippen LogP contribution in [-0.4, -0.2) is 40.1 Å². The van der Waals surface area contributed by atoms with Crippen LogP contribution in [0.25, 0.3) is 0 Å². The van der Waals surface area contributed by atoms with Gasteiger partial charge in [-0.1, -0.05) is 12.1 Å². The van der Waals surface area contributed by atoms with Crippen LogP contribution in [0, 0.1) is 0 Å². The number of aromatic hydroxyl groups is 1. The lowest BCUT2D eigenvalue weighted by atomic mass is 10.1. The van der Waals surface area contributed by atoms with Gasteiger partial charge in [0.15, 0.2) is 0 Å². The number of hydrogen-bond acceptors (Lipinski definition) is 4. The number of carbonyl (C=O) groups excluding carboxylic acids is 1. The number of nitrogens with zero attached hydrogens (tertiary/aromatic N) is 1. The van der Waals surface area contributed by atoms with Gasteiger partial charge in [0.25, 0.3) is 5.91 Å². The van der Waals surface area contributed by atoms with Crippen LogP contribution >= 0.6 is 0 Å². The van der Waals surface area contributed by atoms with Crippen LogP contribution in [-0.2, 0) is 4.79 Å². The Morgan fingerprint density at radius 3 is 2.79 bits per heavy atom. The van der Waals surface area contributed by atoms with Gasteiger partial charge in [-0.15, -0.1) is 0 Å². The van der Waals surface area contributed by atoms with E-state index in [9.17, 15) is 14.7 Å². The zero-order valence-corrected chi connectivity index (χ0v) is 10.2. The summed E-state index contributed by atoms with van der Waals surface area (Å²) in [4.78, 5) is 24.5. The van der Waals surface area contributed by atoms with E-state index in [0.717, 1.165) is 4.90 Å². The summed E-state index contributed by atoms with van der Waals surface area (Å²) in [7, 11) is 1.38. The molecule has 1 aliphatic heterocycles. The van der Waals surface area contributed by atoms with Crippen LogP contribution < -0.4 is 4.74 Å². The van der Waals surface area contributed by atoms with E-state index >= 15 is 0 Å². The lowest BCUT2D eigenvalue weighted by Gasteiger charge is -2.21. The molecule has 0 unspecified atom stereocenters. The molecule has 0 radical (unpaired) electrons. The summed E-state index contributed by atoms with van der Waals surface area (Å²) in [5.74, 6) is -1.73. The molecular weight excluding hydrogens is 250 g/mol. The fraction of sp³-hybridized carbons (Fsp3) is 0.231. The molecular formula is C13H13NO5. The van der Waals surface area contributed by atoms with Crippen molar-refractivity contribution in [3.63, 3.8) is 0 Å². The van der Waals surface area contributed by atoms with Gasteiger partial charge in [-0.3, -0.25) is 4.79 Å². The minimum Gasteiger partial charge on any atom is -0.507 e. The summed E-state index contributed by atoms with van der Waals surface area (Å²) in [6, 6.07) is 3.48. The lowest BCUT2D eigenvalue weighted by Crippen LogP contribution is -2.38. The van der Waals surface area contributed by atoms with Crippen molar-refractivity contribution in [1.82, 2.24) is 4.90 Å². The van der Waals surface area contributed by atoms with Gasteiger partial charge >= 0.3 is 5.97 Å². The molecule has 0 spiro atoms. The highest BCUT2D eigenvalue weighted by Gasteiger charge is 2.33. The summed E-state index contributed by atoms with van der Waals surface area (Å²) < 4.78 is 5.02. The quantitative estimate of drug-likeness (QED) is 0.856. The van der Waals surface area contributed by atoms with Crippen molar-refractivity contribution in [1.29, 1.82) is 0 Å². The van der Waals surface area contributed by atoms with E-state index in [2.05, 4.69) is 0 Å². The maximum Gasteiger partial charge on any atom is 0.327 e. The van der Waals surface area contributed by atoms with Gasteiger partial charge < -0.3 is 19.8 Å². The number of phenols is 1. The second-order valence-electron chi connectivity index (χ2n) is 4.04. The number of rotatable bonds is 3. The maximum absolute atomic E-state index is 12.3. The molecule has 2 rings (SSSR count). The van der Waals surface area contributed by atoms with Crippen molar-refractivity contribution in [2.24, 2.45) is 0 Å². The zero-order chi connectivity index (χ0) is 14.0. The molecule has 0 aliphatic carbocycles. The molecule has 0 fully saturated rings. The van der Waals surface area contributed by atoms with Gasteiger partial charge in [0.05, 0.1) is 7.11 Å². The van der Waals surface area contributed by atoms with Gasteiger partial charge in [-0.05, 0) is 18.6 Å². The number of hydrogen-bond donors (Lipinski definition) is 2. The molecule has 1 aromatic carbocycles. The van der Waals surface area contributed by atoms with Crippen molar-refractivity contribution >= 4 is 11.9 Å². The fourth-order valence-corrected chi connectivity index (χ4v) is 1.98. The van der Waals surface area contributed by atoms with E-state index in [-0.39, 0.29) is 23.5 Å². The van der Waals surface area contributed by atoms with Crippen LogP contribution in [0.5, 0.6) is 11.5 Å². The average molecular weight is 263 g/mol. The lowest BCUT2D eigenvalue weighted by molar-refractivity contribution is -0.141. The summed E-state index contributed by atoms with van der Waals surface area (Å²) >= 11 is 0. The Bertz CT molecular complexity index is 552. The van der Waals surface area contributed by atoms with Gasteiger partial charge in [0, 0.05) is 6.20 Å². The minimum atomic E-state index is -1.09. The van der Waals surface area contributed by atoms with Crippen molar-refractivity contribution in [2.45, 2.75) is 12.5 Å². The summed E-state index contributed by atoms with van der Waals surface area (Å²) in [5, 5.41) is 18.8. The number of benzene rings is 1. The molecule has 1 heterocycles. The Balaban J connectivity index is 2.40. The smallest absolute Gasteiger partial charge is 0.327 e. The van der Waals surface area contributed by atoms with E-state index in [0.29, 0.717) is 0 Å². The number of carboxylic acid groups (broad SMARTS) is 1. The molecule has 0 bridgehead atoms. The zero-order valence-electron chi connectivity index (χ0n) is 10.2. The number of carboxylic acids is 1. The van der Waals surface area contributed by atoms with Gasteiger partial charge in [0.1, 0.15) is 23.1 Å². The first-order chi connectivity index (χ1) is 9.06. The summed E-state index contributed by atoms with van der Waals surface area (Å²) in [6.07, 6.45) is 3.26. The number of phenolic OH excluding ortho intramolecular Hbond substituents is 1. The topological polar surface area (TPSA) is 87.1 Å². The molecule has 1 amide bonds. The van der Waals surface area contributed by atoms with Crippen LogP contribution in [0.3, 0.4) is 0 Å². The standard InChI is InChI=1S/C13H13NO5/c1-19-10-6-2-5-9(15)11(10)12(16)14-7-3-4-8(14)13(17)18/h2-3,5-8,15H,4H2,1H3,(H,17,18)/t8-/m0/s1. The maximum atomic E-state index is 12.3. The van der Waals surface area contributed by atoms with Crippen LogP contribution in [0.1, 0.15) is 16.8 Å². The SMILES string of the molecule is COc1cccc(O)c1C(=O)N1C=CC[C@H]1C(=O)O. The van der Waals surface area contributed by atoms with E-state index in [4.69, 9.17) is 9.84 Å². The van der Waals surface area contributed by atoms with E-state index < -0.39 is 17.9 Å². The molecule has 1 aromatic rings. The predicted molar refractivity (Wildman–Crippen MR) is 66.0 cm³/mol. The van der Waals surface area contributed by atoms with Gasteiger partial charge in [0.2, 0.25) is 0 Å². The normalized spacial score (nSPS) is 17.5. The highest BCUT2D eigenvalue weighted by atomic mass is 16.5. The number of amides is 1. The number of ether oxygens (including phenoxy) is 1. The molecule has 100 valence electrons. The highest BCUT2D eigenvalue weighted by molar-refractivity contribution is 6.02. The minimum absolute atomic E-state index is 0.0391. The van der Waals surface area contributed by atoms with Crippen LogP contribution in [0.2, 0.25) is 0 Å². The molecule has 2 N–H and O–H groups in total. The van der Waals surface area contributed by atoms with Gasteiger partial charge in [-0.2, -0.15) is 0 Å². The third-order valence-electron chi connectivity index (χ3n) is 2.92. The highest BCUT2D eigenvalue weighted by Crippen LogP contribution is 2.30.